The van der Waals surface area contributed by atoms with Crippen LogP contribution in [-0.2, 0) is 14.4 Å². The van der Waals surface area contributed by atoms with Crippen molar-refractivity contribution in [3.8, 4) is 0 Å². The SMILES string of the molecule is CN1C(=O)[C@@H]2[C@@H](ON3[C@@H]4CCCC4C[C@@H]23)C1=O. The minimum atomic E-state index is -0.529. The molecule has 5 nitrogen and oxygen atoms in total. The summed E-state index contributed by atoms with van der Waals surface area (Å²) in [6.07, 6.45) is 4.14. The second-order valence-electron chi connectivity index (χ2n) is 5.71. The number of hydrogen-bond acceptors (Lipinski definition) is 4. The van der Waals surface area contributed by atoms with Crippen molar-refractivity contribution in [2.75, 3.05) is 7.05 Å². The molecule has 5 atom stereocenters. The Morgan fingerprint density at radius 1 is 1.18 bits per heavy atom. The van der Waals surface area contributed by atoms with E-state index < -0.39 is 6.10 Å². The highest BCUT2D eigenvalue weighted by Crippen LogP contribution is 2.50. The highest BCUT2D eigenvalue weighted by Gasteiger charge is 2.63. The molecule has 3 aliphatic heterocycles. The fourth-order valence-corrected chi connectivity index (χ4v) is 4.16. The summed E-state index contributed by atoms with van der Waals surface area (Å²) in [7, 11) is 1.56. The van der Waals surface area contributed by atoms with E-state index in [0.29, 0.717) is 12.0 Å². The van der Waals surface area contributed by atoms with Crippen LogP contribution in [0.25, 0.3) is 0 Å². The quantitative estimate of drug-likeness (QED) is 0.562. The van der Waals surface area contributed by atoms with E-state index in [-0.39, 0.29) is 23.8 Å². The first-order valence-corrected chi connectivity index (χ1v) is 6.45. The molecule has 0 bridgehead atoms. The number of hydrogen-bond donors (Lipinski definition) is 0. The molecule has 2 amide bonds. The van der Waals surface area contributed by atoms with Crippen LogP contribution in [0.2, 0.25) is 0 Å². The smallest absolute Gasteiger partial charge is 0.261 e. The minimum absolute atomic E-state index is 0.0486. The van der Waals surface area contributed by atoms with Crippen LogP contribution >= 0.6 is 0 Å². The Bertz CT molecular complexity index is 411. The second-order valence-corrected chi connectivity index (χ2v) is 5.71. The van der Waals surface area contributed by atoms with Crippen molar-refractivity contribution < 1.29 is 14.4 Å². The molecule has 0 N–H and O–H groups in total. The number of likely N-dealkylation sites (tertiary alicyclic amines) is 1. The molecule has 0 radical (unpaired) electrons. The van der Waals surface area contributed by atoms with E-state index in [1.165, 1.54) is 17.7 Å². The molecular weight excluding hydrogens is 220 g/mol. The standard InChI is InChI=1S/C12H16N2O3/c1-13-11(15)9-8-5-6-3-2-4-7(6)14(8)17-10(9)12(13)16/h6-10H,2-5H2,1H3/t6?,7-,8+,9+,10-/m1/s1. The molecule has 3 heterocycles. The number of imide groups is 1. The molecule has 0 aromatic carbocycles. The number of carbonyl (C=O) groups excluding carboxylic acids is 2. The molecule has 1 saturated carbocycles. The van der Waals surface area contributed by atoms with Gasteiger partial charge in [0.05, 0.1) is 12.0 Å². The number of carbonyl (C=O) groups is 2. The number of rotatable bonds is 0. The molecule has 0 aromatic rings. The van der Waals surface area contributed by atoms with Gasteiger partial charge in [-0.15, -0.1) is 0 Å². The van der Waals surface area contributed by atoms with Gasteiger partial charge in [-0.3, -0.25) is 19.3 Å². The molecule has 5 heteroatoms. The van der Waals surface area contributed by atoms with Crippen molar-refractivity contribution in [3.63, 3.8) is 0 Å². The van der Waals surface area contributed by atoms with Crippen molar-refractivity contribution in [1.82, 2.24) is 9.96 Å². The normalized spacial score (nSPS) is 48.8. The molecular formula is C12H16N2O3. The molecule has 4 aliphatic rings. The number of nitrogens with zero attached hydrogens (tertiary/aromatic N) is 2. The lowest BCUT2D eigenvalue weighted by Crippen LogP contribution is -2.38. The predicted molar refractivity (Wildman–Crippen MR) is 57.5 cm³/mol. The summed E-state index contributed by atoms with van der Waals surface area (Å²) < 4.78 is 0. The van der Waals surface area contributed by atoms with E-state index in [0.717, 1.165) is 12.8 Å². The third-order valence-electron chi connectivity index (χ3n) is 4.98. The van der Waals surface area contributed by atoms with Crippen LogP contribution < -0.4 is 0 Å². The maximum atomic E-state index is 12.1. The molecule has 4 fully saturated rings. The number of hydroxylamine groups is 2. The molecule has 1 aliphatic carbocycles. The largest absolute Gasteiger partial charge is 0.284 e. The monoisotopic (exact) mass is 236 g/mol. The topological polar surface area (TPSA) is 49.9 Å². The van der Waals surface area contributed by atoms with Gasteiger partial charge in [-0.25, -0.2) is 0 Å². The lowest BCUT2D eigenvalue weighted by Gasteiger charge is -2.23. The average Bonchev–Trinajstić information content (AvgIpc) is 2.97. The fraction of sp³-hybridized carbons (Fsp3) is 0.833. The predicted octanol–water partition coefficient (Wildman–Crippen LogP) is 0.158. The summed E-state index contributed by atoms with van der Waals surface area (Å²) in [6, 6.07) is 0.605. The van der Waals surface area contributed by atoms with E-state index in [1.54, 1.807) is 7.05 Å². The van der Waals surface area contributed by atoms with Crippen LogP contribution in [0, 0.1) is 11.8 Å². The van der Waals surface area contributed by atoms with Crippen molar-refractivity contribution in [3.05, 3.63) is 0 Å². The van der Waals surface area contributed by atoms with Gasteiger partial charge in [-0.2, -0.15) is 5.06 Å². The third kappa shape index (κ3) is 1.07. The first kappa shape index (κ1) is 10.0. The summed E-state index contributed by atoms with van der Waals surface area (Å²) in [4.78, 5) is 31.0. The maximum Gasteiger partial charge on any atom is 0.261 e. The Balaban J connectivity index is 1.68. The van der Waals surface area contributed by atoms with E-state index in [9.17, 15) is 9.59 Å². The molecule has 17 heavy (non-hydrogen) atoms. The van der Waals surface area contributed by atoms with Gasteiger partial charge in [-0.1, -0.05) is 6.42 Å². The molecule has 1 unspecified atom stereocenters. The molecule has 4 rings (SSSR count). The zero-order valence-electron chi connectivity index (χ0n) is 9.83. The maximum absolute atomic E-state index is 12.1. The van der Waals surface area contributed by atoms with Crippen molar-refractivity contribution in [2.24, 2.45) is 11.8 Å². The number of amides is 2. The zero-order chi connectivity index (χ0) is 11.7. The zero-order valence-corrected chi connectivity index (χ0v) is 9.83. The lowest BCUT2D eigenvalue weighted by molar-refractivity contribution is -0.185. The number of likely N-dealkylation sites (N-methyl/N-ethyl adjacent to an activating group) is 1. The Labute approximate surface area is 99.6 Å². The lowest BCUT2D eigenvalue weighted by atomic mass is 9.91. The second kappa shape index (κ2) is 3.09. The van der Waals surface area contributed by atoms with Gasteiger partial charge in [0.1, 0.15) is 0 Å². The molecule has 0 spiro atoms. The molecule has 0 aromatic heterocycles. The van der Waals surface area contributed by atoms with Crippen molar-refractivity contribution in [2.45, 2.75) is 43.9 Å². The van der Waals surface area contributed by atoms with Crippen LogP contribution in [0.1, 0.15) is 25.7 Å². The highest BCUT2D eigenvalue weighted by atomic mass is 16.7. The van der Waals surface area contributed by atoms with Crippen LogP contribution in [0.4, 0.5) is 0 Å². The van der Waals surface area contributed by atoms with Gasteiger partial charge in [-0.05, 0) is 25.2 Å². The van der Waals surface area contributed by atoms with E-state index in [4.69, 9.17) is 4.84 Å². The first-order chi connectivity index (χ1) is 8.18. The van der Waals surface area contributed by atoms with Crippen LogP contribution in [0.15, 0.2) is 0 Å². The van der Waals surface area contributed by atoms with Crippen molar-refractivity contribution in [1.29, 1.82) is 0 Å². The van der Waals surface area contributed by atoms with E-state index in [2.05, 4.69) is 0 Å². The van der Waals surface area contributed by atoms with Gasteiger partial charge in [0.2, 0.25) is 5.91 Å². The average molecular weight is 236 g/mol. The highest BCUT2D eigenvalue weighted by molar-refractivity contribution is 6.07. The Morgan fingerprint density at radius 2 is 2.00 bits per heavy atom. The van der Waals surface area contributed by atoms with E-state index >= 15 is 0 Å². The Hall–Kier alpha value is -0.940. The van der Waals surface area contributed by atoms with Crippen LogP contribution in [-0.4, -0.2) is 47.0 Å². The molecule has 3 saturated heterocycles. The summed E-state index contributed by atoms with van der Waals surface area (Å²) >= 11 is 0. The van der Waals surface area contributed by atoms with Gasteiger partial charge in [0, 0.05) is 13.1 Å². The van der Waals surface area contributed by atoms with Gasteiger partial charge < -0.3 is 0 Å². The number of fused-ring (bicyclic) bond motifs is 5. The van der Waals surface area contributed by atoms with Crippen LogP contribution in [0.3, 0.4) is 0 Å². The van der Waals surface area contributed by atoms with Crippen LogP contribution in [0.5, 0.6) is 0 Å². The summed E-state index contributed by atoms with van der Waals surface area (Å²) in [5.74, 6) is 0.226. The first-order valence-electron chi connectivity index (χ1n) is 6.45. The van der Waals surface area contributed by atoms with Gasteiger partial charge in [0.25, 0.3) is 5.91 Å². The summed E-state index contributed by atoms with van der Waals surface area (Å²) in [6.45, 7) is 0. The third-order valence-corrected chi connectivity index (χ3v) is 4.98. The van der Waals surface area contributed by atoms with Crippen molar-refractivity contribution >= 4 is 11.8 Å². The fourth-order valence-electron chi connectivity index (χ4n) is 4.16. The molecule has 92 valence electrons. The minimum Gasteiger partial charge on any atom is -0.284 e. The van der Waals surface area contributed by atoms with Gasteiger partial charge in [0.15, 0.2) is 6.10 Å². The van der Waals surface area contributed by atoms with E-state index in [1.807, 2.05) is 5.06 Å². The summed E-state index contributed by atoms with van der Waals surface area (Å²) in [5.41, 5.74) is 0. The Morgan fingerprint density at radius 3 is 2.82 bits per heavy atom. The van der Waals surface area contributed by atoms with Gasteiger partial charge >= 0.3 is 0 Å². The Kier molecular flexibility index (Phi) is 1.82. The summed E-state index contributed by atoms with van der Waals surface area (Å²) in [5, 5.41) is 2.00.